The first-order valence-corrected chi connectivity index (χ1v) is 8.39. The van der Waals surface area contributed by atoms with E-state index in [1.807, 2.05) is 19.1 Å². The summed E-state index contributed by atoms with van der Waals surface area (Å²) >= 11 is 0. The fourth-order valence-electron chi connectivity index (χ4n) is 4.08. The summed E-state index contributed by atoms with van der Waals surface area (Å²) in [6.45, 7) is 5.63. The molecule has 2 bridgehead atoms. The van der Waals surface area contributed by atoms with Crippen molar-refractivity contribution in [2.24, 2.45) is 5.92 Å². The Hall–Kier alpha value is -1.55. The van der Waals surface area contributed by atoms with Crippen LogP contribution in [0.4, 0.5) is 0 Å². The van der Waals surface area contributed by atoms with E-state index in [1.54, 1.807) is 6.07 Å². The van der Waals surface area contributed by atoms with E-state index in [0.717, 1.165) is 31.4 Å². The minimum Gasteiger partial charge on any atom is -0.504 e. The Balaban J connectivity index is 1.96. The van der Waals surface area contributed by atoms with E-state index in [1.165, 1.54) is 0 Å². The Morgan fingerprint density at radius 1 is 1.32 bits per heavy atom. The average molecular weight is 303 g/mol. The molecule has 3 atom stereocenters. The van der Waals surface area contributed by atoms with Crippen molar-refractivity contribution in [2.45, 2.75) is 51.6 Å². The molecule has 3 aliphatic rings. The fraction of sp³-hybridized carbons (Fsp3) is 0.611. The number of hydrogen-bond acceptors (Lipinski definition) is 4. The van der Waals surface area contributed by atoms with Crippen molar-refractivity contribution in [2.75, 3.05) is 13.2 Å². The first-order valence-electron chi connectivity index (χ1n) is 8.39. The molecule has 22 heavy (non-hydrogen) atoms. The van der Waals surface area contributed by atoms with E-state index in [2.05, 4.69) is 11.8 Å². The van der Waals surface area contributed by atoms with Gasteiger partial charge in [0.2, 0.25) is 0 Å². The topological polar surface area (TPSA) is 49.8 Å². The third-order valence-corrected chi connectivity index (χ3v) is 4.98. The van der Waals surface area contributed by atoms with Crippen LogP contribution in [0.5, 0.6) is 11.5 Å². The summed E-state index contributed by atoms with van der Waals surface area (Å²) in [5.74, 6) is 1.18. The normalized spacial score (nSPS) is 28.1. The number of nitrogens with zero attached hydrogens (tertiary/aromatic N) is 1. The summed E-state index contributed by atoms with van der Waals surface area (Å²) < 4.78 is 5.52. The van der Waals surface area contributed by atoms with Gasteiger partial charge in [-0.3, -0.25) is 9.69 Å². The minimum atomic E-state index is 0.0931. The molecule has 0 radical (unpaired) electrons. The molecule has 1 aromatic rings. The summed E-state index contributed by atoms with van der Waals surface area (Å²) in [6.07, 6.45) is 3.91. The molecule has 120 valence electrons. The number of ketones is 1. The summed E-state index contributed by atoms with van der Waals surface area (Å²) in [5, 5.41) is 9.91. The average Bonchev–Trinajstić information content (AvgIpc) is 2.51. The van der Waals surface area contributed by atoms with E-state index in [4.69, 9.17) is 4.74 Å². The molecule has 0 aromatic heterocycles. The number of carbonyl (C=O) groups excluding carboxylic acids is 1. The van der Waals surface area contributed by atoms with Crippen LogP contribution in [0.25, 0.3) is 0 Å². The van der Waals surface area contributed by atoms with Crippen LogP contribution < -0.4 is 4.74 Å². The SMILES string of the molecule is CCCN1C2CCC(C(=O)C2)C1c1ccc(O)c(OCC)c1. The van der Waals surface area contributed by atoms with Crippen molar-refractivity contribution in [1.82, 2.24) is 4.90 Å². The highest BCUT2D eigenvalue weighted by Crippen LogP contribution is 2.46. The van der Waals surface area contributed by atoms with Gasteiger partial charge >= 0.3 is 0 Å². The van der Waals surface area contributed by atoms with Gasteiger partial charge < -0.3 is 9.84 Å². The highest BCUT2D eigenvalue weighted by molar-refractivity contribution is 5.84. The van der Waals surface area contributed by atoms with E-state index >= 15 is 0 Å². The number of carbonyl (C=O) groups is 1. The third kappa shape index (κ3) is 2.60. The molecule has 3 unspecified atom stereocenters. The molecule has 4 nitrogen and oxygen atoms in total. The zero-order chi connectivity index (χ0) is 15.7. The molecule has 1 aliphatic carbocycles. The smallest absolute Gasteiger partial charge is 0.161 e. The van der Waals surface area contributed by atoms with Crippen molar-refractivity contribution in [3.05, 3.63) is 23.8 Å². The lowest BCUT2D eigenvalue weighted by atomic mass is 9.71. The molecule has 0 spiro atoms. The fourth-order valence-corrected chi connectivity index (χ4v) is 4.08. The number of phenolic OH excluding ortho intramolecular Hbond substituents is 1. The molecule has 2 saturated heterocycles. The van der Waals surface area contributed by atoms with Crippen molar-refractivity contribution in [1.29, 1.82) is 0 Å². The van der Waals surface area contributed by atoms with Gasteiger partial charge in [-0.2, -0.15) is 0 Å². The van der Waals surface area contributed by atoms with Crippen molar-refractivity contribution < 1.29 is 14.6 Å². The molecule has 3 fully saturated rings. The molecular formula is C18H25NO3. The molecule has 4 heteroatoms. The molecule has 2 heterocycles. The summed E-state index contributed by atoms with van der Waals surface area (Å²) in [7, 11) is 0. The number of ether oxygens (including phenoxy) is 1. The lowest BCUT2D eigenvalue weighted by Crippen LogP contribution is -2.54. The van der Waals surface area contributed by atoms with Crippen LogP contribution in [0.3, 0.4) is 0 Å². The predicted octanol–water partition coefficient (Wildman–Crippen LogP) is 3.30. The zero-order valence-corrected chi connectivity index (χ0v) is 13.4. The van der Waals surface area contributed by atoms with Gasteiger partial charge in [-0.25, -0.2) is 0 Å². The quantitative estimate of drug-likeness (QED) is 0.907. The van der Waals surface area contributed by atoms with Gasteiger partial charge in [0, 0.05) is 24.4 Å². The van der Waals surface area contributed by atoms with Crippen LogP contribution in [-0.4, -0.2) is 35.0 Å². The first-order chi connectivity index (χ1) is 10.7. The maximum atomic E-state index is 12.4. The van der Waals surface area contributed by atoms with Crippen LogP contribution >= 0.6 is 0 Å². The lowest BCUT2D eigenvalue weighted by Gasteiger charge is -2.50. The second kappa shape index (κ2) is 6.29. The summed E-state index contributed by atoms with van der Waals surface area (Å²) in [5.41, 5.74) is 1.09. The maximum Gasteiger partial charge on any atom is 0.161 e. The van der Waals surface area contributed by atoms with Gasteiger partial charge in [0.05, 0.1) is 6.61 Å². The Kier molecular flexibility index (Phi) is 4.39. The minimum absolute atomic E-state index is 0.0931. The molecular weight excluding hydrogens is 278 g/mol. The highest BCUT2D eigenvalue weighted by atomic mass is 16.5. The van der Waals surface area contributed by atoms with E-state index in [9.17, 15) is 9.90 Å². The van der Waals surface area contributed by atoms with Crippen LogP contribution in [0.2, 0.25) is 0 Å². The molecule has 1 N–H and O–H groups in total. The molecule has 1 aromatic carbocycles. The predicted molar refractivity (Wildman–Crippen MR) is 85.1 cm³/mol. The molecule has 1 saturated carbocycles. The van der Waals surface area contributed by atoms with Gasteiger partial charge in [0.25, 0.3) is 0 Å². The van der Waals surface area contributed by atoms with Gasteiger partial charge in [0.1, 0.15) is 5.78 Å². The Bertz CT molecular complexity index is 557. The van der Waals surface area contributed by atoms with Gasteiger partial charge in [-0.05, 0) is 50.4 Å². The van der Waals surface area contributed by atoms with E-state index in [-0.39, 0.29) is 17.7 Å². The Labute approximate surface area is 132 Å². The van der Waals surface area contributed by atoms with Crippen LogP contribution in [0.15, 0.2) is 18.2 Å². The molecule has 0 amide bonds. The first kappa shape index (κ1) is 15.3. The van der Waals surface area contributed by atoms with E-state index in [0.29, 0.717) is 30.6 Å². The molecule has 4 rings (SSSR count). The zero-order valence-electron chi connectivity index (χ0n) is 13.4. The number of fused-ring (bicyclic) bond motifs is 3. The third-order valence-electron chi connectivity index (χ3n) is 4.98. The van der Waals surface area contributed by atoms with Crippen molar-refractivity contribution in [3.8, 4) is 11.5 Å². The summed E-state index contributed by atoms with van der Waals surface area (Å²) in [6, 6.07) is 6.07. The number of Topliss-reactive ketones (excluding diaryl/α,β-unsaturated/α-hetero) is 1. The largest absolute Gasteiger partial charge is 0.504 e. The second-order valence-electron chi connectivity index (χ2n) is 6.35. The maximum absolute atomic E-state index is 12.4. The Morgan fingerprint density at radius 3 is 2.82 bits per heavy atom. The number of aromatic hydroxyl groups is 1. The Morgan fingerprint density at radius 2 is 2.14 bits per heavy atom. The summed E-state index contributed by atoms with van der Waals surface area (Å²) in [4.78, 5) is 14.9. The standard InChI is InChI=1S/C18H25NO3/c1-3-9-19-13-6-7-14(16(21)11-13)18(19)12-5-8-15(20)17(10-12)22-4-2/h5,8,10,13-14,18,20H,3-4,6-7,9,11H2,1-2H3. The van der Waals surface area contributed by atoms with Crippen LogP contribution in [0, 0.1) is 5.92 Å². The number of rotatable bonds is 5. The number of hydrogen-bond donors (Lipinski definition) is 1. The van der Waals surface area contributed by atoms with Crippen molar-refractivity contribution >= 4 is 5.78 Å². The van der Waals surface area contributed by atoms with Gasteiger partial charge in [-0.1, -0.05) is 13.0 Å². The second-order valence-corrected chi connectivity index (χ2v) is 6.35. The lowest BCUT2D eigenvalue weighted by molar-refractivity contribution is -0.138. The van der Waals surface area contributed by atoms with Crippen molar-refractivity contribution in [3.63, 3.8) is 0 Å². The number of benzene rings is 1. The number of piperidine rings is 2. The van der Waals surface area contributed by atoms with Gasteiger partial charge in [0.15, 0.2) is 11.5 Å². The van der Waals surface area contributed by atoms with E-state index < -0.39 is 0 Å². The monoisotopic (exact) mass is 303 g/mol. The number of phenols is 1. The van der Waals surface area contributed by atoms with Gasteiger partial charge in [-0.15, -0.1) is 0 Å². The molecule has 2 aliphatic heterocycles. The van der Waals surface area contributed by atoms with Crippen LogP contribution in [0.1, 0.15) is 51.1 Å². The van der Waals surface area contributed by atoms with Crippen LogP contribution in [-0.2, 0) is 4.79 Å². The highest BCUT2D eigenvalue weighted by Gasteiger charge is 2.46.